The van der Waals surface area contributed by atoms with Gasteiger partial charge >= 0.3 is 0 Å². The largest absolute Gasteiger partial charge is 0.380 e. The van der Waals surface area contributed by atoms with Gasteiger partial charge in [-0.05, 0) is 38.0 Å². The third kappa shape index (κ3) is 2.73. The number of methoxy groups -OCH3 is 1. The lowest BCUT2D eigenvalue weighted by molar-refractivity contribution is 0.0752. The van der Waals surface area contributed by atoms with E-state index >= 15 is 0 Å². The van der Waals surface area contributed by atoms with Gasteiger partial charge in [0.15, 0.2) is 0 Å². The van der Waals surface area contributed by atoms with Gasteiger partial charge in [0.05, 0.1) is 6.10 Å². The highest BCUT2D eigenvalue weighted by Crippen LogP contribution is 2.28. The van der Waals surface area contributed by atoms with Crippen molar-refractivity contribution in [2.24, 2.45) is 5.92 Å². The van der Waals surface area contributed by atoms with Crippen LogP contribution in [0.3, 0.4) is 0 Å². The maximum atomic E-state index is 5.54. The zero-order valence-electron chi connectivity index (χ0n) is 10.2. The molecule has 2 nitrogen and oxygen atoms in total. The summed E-state index contributed by atoms with van der Waals surface area (Å²) >= 11 is 0. The van der Waals surface area contributed by atoms with Crippen molar-refractivity contribution in [3.8, 4) is 0 Å². The summed E-state index contributed by atoms with van der Waals surface area (Å²) in [5.41, 5.74) is 0. The Labute approximate surface area is 93.8 Å². The minimum absolute atomic E-state index is 0.471. The first-order valence-corrected chi connectivity index (χ1v) is 6.60. The van der Waals surface area contributed by atoms with Crippen LogP contribution in [0.15, 0.2) is 0 Å². The van der Waals surface area contributed by atoms with E-state index in [9.17, 15) is 0 Å². The zero-order chi connectivity index (χ0) is 10.7. The van der Waals surface area contributed by atoms with E-state index in [1.807, 2.05) is 7.11 Å². The van der Waals surface area contributed by atoms with Crippen molar-refractivity contribution in [2.75, 3.05) is 7.11 Å². The molecule has 1 N–H and O–H groups in total. The van der Waals surface area contributed by atoms with Crippen LogP contribution in [0.2, 0.25) is 0 Å². The number of hydrogen-bond donors (Lipinski definition) is 1. The molecule has 0 saturated heterocycles. The van der Waals surface area contributed by atoms with Crippen LogP contribution in [0.5, 0.6) is 0 Å². The second-order valence-corrected chi connectivity index (χ2v) is 5.35. The van der Waals surface area contributed by atoms with Crippen LogP contribution < -0.4 is 5.32 Å². The van der Waals surface area contributed by atoms with Crippen LogP contribution >= 0.6 is 0 Å². The molecule has 2 rings (SSSR count). The number of ether oxygens (including phenoxy) is 1. The molecule has 0 amide bonds. The summed E-state index contributed by atoms with van der Waals surface area (Å²) in [5.74, 6) is 0.858. The average Bonchev–Trinajstić information content (AvgIpc) is 2.69. The van der Waals surface area contributed by atoms with E-state index in [0.29, 0.717) is 12.1 Å². The molecule has 2 aliphatic rings. The van der Waals surface area contributed by atoms with Gasteiger partial charge in [-0.1, -0.05) is 19.8 Å². The second kappa shape index (κ2) is 5.31. The summed E-state index contributed by atoms with van der Waals surface area (Å²) in [5, 5.41) is 3.84. The molecule has 15 heavy (non-hydrogen) atoms. The lowest BCUT2D eigenvalue weighted by Crippen LogP contribution is -2.47. The van der Waals surface area contributed by atoms with Crippen molar-refractivity contribution in [2.45, 2.75) is 70.1 Å². The summed E-state index contributed by atoms with van der Waals surface area (Å²) in [4.78, 5) is 0. The highest BCUT2D eigenvalue weighted by atomic mass is 16.5. The molecule has 0 aromatic carbocycles. The lowest BCUT2D eigenvalue weighted by Gasteiger charge is -2.33. The summed E-state index contributed by atoms with van der Waals surface area (Å²) in [7, 11) is 1.86. The summed E-state index contributed by atoms with van der Waals surface area (Å²) in [6, 6.07) is 1.38. The first-order chi connectivity index (χ1) is 7.31. The normalized spacial score (nSPS) is 42.0. The maximum Gasteiger partial charge on any atom is 0.0724 e. The third-order valence-electron chi connectivity index (χ3n) is 4.29. The molecule has 88 valence electrons. The van der Waals surface area contributed by atoms with Crippen molar-refractivity contribution in [3.63, 3.8) is 0 Å². The number of hydrogen-bond acceptors (Lipinski definition) is 2. The van der Waals surface area contributed by atoms with Gasteiger partial charge in [0, 0.05) is 19.2 Å². The topological polar surface area (TPSA) is 21.3 Å². The Kier molecular flexibility index (Phi) is 4.04. The van der Waals surface area contributed by atoms with Gasteiger partial charge in [-0.25, -0.2) is 0 Å². The monoisotopic (exact) mass is 211 g/mol. The van der Waals surface area contributed by atoms with E-state index in [1.165, 1.54) is 44.9 Å². The van der Waals surface area contributed by atoms with E-state index in [2.05, 4.69) is 12.2 Å². The molecule has 2 fully saturated rings. The molecule has 2 heteroatoms. The predicted molar refractivity (Wildman–Crippen MR) is 63.0 cm³/mol. The smallest absolute Gasteiger partial charge is 0.0724 e. The lowest BCUT2D eigenvalue weighted by atomic mass is 9.85. The second-order valence-electron chi connectivity index (χ2n) is 5.35. The molecule has 2 aliphatic carbocycles. The SMILES string of the molecule is COC1CCCC1NC1CCCCC1C. The Balaban J connectivity index is 1.84. The molecular weight excluding hydrogens is 186 g/mol. The van der Waals surface area contributed by atoms with Crippen LogP contribution in [0, 0.1) is 5.92 Å². The van der Waals surface area contributed by atoms with E-state index in [0.717, 1.165) is 12.0 Å². The molecule has 0 aromatic rings. The molecule has 0 bridgehead atoms. The van der Waals surface area contributed by atoms with Gasteiger partial charge in [-0.15, -0.1) is 0 Å². The van der Waals surface area contributed by atoms with E-state index in [4.69, 9.17) is 4.74 Å². The first-order valence-electron chi connectivity index (χ1n) is 6.60. The summed E-state index contributed by atoms with van der Waals surface area (Å²) in [6.45, 7) is 2.40. The van der Waals surface area contributed by atoms with Crippen LogP contribution in [0.1, 0.15) is 51.9 Å². The van der Waals surface area contributed by atoms with Gasteiger partial charge in [0.2, 0.25) is 0 Å². The predicted octanol–water partition coefficient (Wildman–Crippen LogP) is 2.72. The van der Waals surface area contributed by atoms with Crippen LogP contribution in [0.25, 0.3) is 0 Å². The van der Waals surface area contributed by atoms with E-state index < -0.39 is 0 Å². The summed E-state index contributed by atoms with van der Waals surface area (Å²) < 4.78 is 5.54. The Hall–Kier alpha value is -0.0800. The fraction of sp³-hybridized carbons (Fsp3) is 1.00. The Morgan fingerprint density at radius 1 is 0.933 bits per heavy atom. The molecule has 4 atom stereocenters. The molecule has 0 radical (unpaired) electrons. The Bertz CT molecular complexity index is 195. The summed E-state index contributed by atoms with van der Waals surface area (Å²) in [6.07, 6.45) is 9.97. The van der Waals surface area contributed by atoms with Crippen LogP contribution in [-0.4, -0.2) is 25.3 Å². The minimum atomic E-state index is 0.471. The molecule has 4 unspecified atom stereocenters. The molecule has 0 spiro atoms. The molecular formula is C13H25NO. The fourth-order valence-electron chi connectivity index (χ4n) is 3.24. The van der Waals surface area contributed by atoms with Crippen molar-refractivity contribution in [1.29, 1.82) is 0 Å². The molecule has 0 aliphatic heterocycles. The Morgan fingerprint density at radius 2 is 1.67 bits per heavy atom. The number of rotatable bonds is 3. The van der Waals surface area contributed by atoms with Crippen molar-refractivity contribution < 1.29 is 4.74 Å². The van der Waals surface area contributed by atoms with Crippen molar-refractivity contribution in [3.05, 3.63) is 0 Å². The van der Waals surface area contributed by atoms with E-state index in [1.54, 1.807) is 0 Å². The molecule has 0 heterocycles. The van der Waals surface area contributed by atoms with Gasteiger partial charge in [0.25, 0.3) is 0 Å². The van der Waals surface area contributed by atoms with Gasteiger partial charge < -0.3 is 10.1 Å². The van der Waals surface area contributed by atoms with E-state index in [-0.39, 0.29) is 0 Å². The fourth-order valence-corrected chi connectivity index (χ4v) is 3.24. The molecule has 0 aromatic heterocycles. The van der Waals surface area contributed by atoms with Crippen LogP contribution in [-0.2, 0) is 4.74 Å². The van der Waals surface area contributed by atoms with Gasteiger partial charge in [0.1, 0.15) is 0 Å². The minimum Gasteiger partial charge on any atom is -0.380 e. The van der Waals surface area contributed by atoms with Crippen molar-refractivity contribution in [1.82, 2.24) is 5.32 Å². The highest BCUT2D eigenvalue weighted by Gasteiger charge is 2.31. The first kappa shape index (κ1) is 11.4. The number of nitrogens with one attached hydrogen (secondary N) is 1. The highest BCUT2D eigenvalue weighted by molar-refractivity contribution is 4.89. The third-order valence-corrected chi connectivity index (χ3v) is 4.29. The zero-order valence-corrected chi connectivity index (χ0v) is 10.2. The maximum absolute atomic E-state index is 5.54. The Morgan fingerprint density at radius 3 is 2.40 bits per heavy atom. The van der Waals surface area contributed by atoms with Crippen LogP contribution in [0.4, 0.5) is 0 Å². The quantitative estimate of drug-likeness (QED) is 0.775. The van der Waals surface area contributed by atoms with Crippen molar-refractivity contribution >= 4 is 0 Å². The van der Waals surface area contributed by atoms with Gasteiger partial charge in [-0.3, -0.25) is 0 Å². The van der Waals surface area contributed by atoms with Gasteiger partial charge in [-0.2, -0.15) is 0 Å². The molecule has 2 saturated carbocycles. The standard InChI is InChI=1S/C13H25NO/c1-10-6-3-4-7-11(10)14-12-8-5-9-13(12)15-2/h10-14H,3-9H2,1-2H3. The average molecular weight is 211 g/mol.